The van der Waals surface area contributed by atoms with Gasteiger partial charge >= 0.3 is 5.97 Å². The first-order valence-corrected chi connectivity index (χ1v) is 12.0. The molecule has 0 aliphatic heterocycles. The number of hydrogen-bond acceptors (Lipinski definition) is 3. The SMILES string of the molecule is CC(C)[C@H](OC(=O)c1ccccc1P(c1ccccc1)c1ccccc1)[C@@H](C)CC=O. The quantitative estimate of drug-likeness (QED) is 0.276. The van der Waals surface area contributed by atoms with Crippen LogP contribution in [0.25, 0.3) is 0 Å². The monoisotopic (exact) mass is 432 g/mol. The fourth-order valence-electron chi connectivity index (χ4n) is 3.80. The van der Waals surface area contributed by atoms with Crippen molar-refractivity contribution >= 4 is 36.1 Å². The van der Waals surface area contributed by atoms with Crippen molar-refractivity contribution in [2.24, 2.45) is 11.8 Å². The van der Waals surface area contributed by atoms with Crippen molar-refractivity contribution in [3.8, 4) is 0 Å². The van der Waals surface area contributed by atoms with Gasteiger partial charge in [0.05, 0.1) is 5.56 Å². The fraction of sp³-hybridized carbons (Fsp3) is 0.259. The van der Waals surface area contributed by atoms with Gasteiger partial charge in [0.25, 0.3) is 0 Å². The summed E-state index contributed by atoms with van der Waals surface area (Å²) < 4.78 is 5.99. The Hall–Kier alpha value is -2.77. The first-order valence-electron chi connectivity index (χ1n) is 10.7. The van der Waals surface area contributed by atoms with Gasteiger partial charge in [0.15, 0.2) is 0 Å². The Morgan fingerprint density at radius 3 is 1.87 bits per heavy atom. The van der Waals surface area contributed by atoms with Gasteiger partial charge in [0, 0.05) is 6.42 Å². The van der Waals surface area contributed by atoms with Crippen LogP contribution in [0.4, 0.5) is 0 Å². The van der Waals surface area contributed by atoms with Crippen LogP contribution < -0.4 is 15.9 Å². The molecule has 0 aromatic heterocycles. The fourth-order valence-corrected chi connectivity index (χ4v) is 6.24. The second-order valence-electron chi connectivity index (χ2n) is 8.02. The highest BCUT2D eigenvalue weighted by molar-refractivity contribution is 7.80. The molecule has 0 bridgehead atoms. The number of aldehydes is 1. The Labute approximate surface area is 186 Å². The molecule has 3 aromatic carbocycles. The van der Waals surface area contributed by atoms with Crippen LogP contribution in [0.2, 0.25) is 0 Å². The molecule has 0 amide bonds. The molecule has 4 heteroatoms. The molecule has 0 heterocycles. The zero-order valence-electron chi connectivity index (χ0n) is 18.3. The summed E-state index contributed by atoms with van der Waals surface area (Å²) in [7, 11) is -0.919. The highest BCUT2D eigenvalue weighted by atomic mass is 31.1. The van der Waals surface area contributed by atoms with E-state index in [0.29, 0.717) is 12.0 Å². The molecule has 0 N–H and O–H groups in total. The van der Waals surface area contributed by atoms with E-state index >= 15 is 0 Å². The number of esters is 1. The second-order valence-corrected chi connectivity index (χ2v) is 10.2. The van der Waals surface area contributed by atoms with Crippen LogP contribution in [0.5, 0.6) is 0 Å². The summed E-state index contributed by atoms with van der Waals surface area (Å²) in [5.41, 5.74) is 0.588. The molecule has 0 spiro atoms. The predicted octanol–water partition coefficient (Wildman–Crippen LogP) is 4.85. The summed E-state index contributed by atoms with van der Waals surface area (Å²) in [6.07, 6.45) is 0.954. The Balaban J connectivity index is 2.02. The lowest BCUT2D eigenvalue weighted by Crippen LogP contribution is -2.33. The van der Waals surface area contributed by atoms with Crippen LogP contribution in [-0.4, -0.2) is 18.4 Å². The lowest BCUT2D eigenvalue weighted by atomic mass is 9.92. The Morgan fingerprint density at radius 2 is 1.35 bits per heavy atom. The van der Waals surface area contributed by atoms with Gasteiger partial charge in [-0.1, -0.05) is 99.6 Å². The van der Waals surface area contributed by atoms with Crippen LogP contribution in [0.15, 0.2) is 84.9 Å². The predicted molar refractivity (Wildman–Crippen MR) is 129 cm³/mol. The number of rotatable bonds is 9. The zero-order chi connectivity index (χ0) is 22.2. The van der Waals surface area contributed by atoms with Crippen LogP contribution in [0.1, 0.15) is 37.6 Å². The number of ether oxygens (including phenoxy) is 1. The van der Waals surface area contributed by atoms with Crippen LogP contribution in [-0.2, 0) is 9.53 Å². The summed E-state index contributed by atoms with van der Waals surface area (Å²) in [4.78, 5) is 24.4. The van der Waals surface area contributed by atoms with E-state index in [0.717, 1.165) is 11.6 Å². The first kappa shape index (κ1) is 22.9. The van der Waals surface area contributed by atoms with E-state index in [2.05, 4.69) is 24.3 Å². The third-order valence-corrected chi connectivity index (χ3v) is 7.82. The second kappa shape index (κ2) is 11.0. The van der Waals surface area contributed by atoms with E-state index in [9.17, 15) is 9.59 Å². The van der Waals surface area contributed by atoms with E-state index in [-0.39, 0.29) is 23.9 Å². The van der Waals surface area contributed by atoms with Crippen molar-refractivity contribution in [2.75, 3.05) is 0 Å². The zero-order valence-corrected chi connectivity index (χ0v) is 19.2. The van der Waals surface area contributed by atoms with Crippen molar-refractivity contribution in [3.05, 3.63) is 90.5 Å². The smallest absolute Gasteiger partial charge is 0.339 e. The molecule has 31 heavy (non-hydrogen) atoms. The largest absolute Gasteiger partial charge is 0.458 e. The average molecular weight is 433 g/mol. The van der Waals surface area contributed by atoms with Gasteiger partial charge in [-0.25, -0.2) is 4.79 Å². The molecule has 0 radical (unpaired) electrons. The van der Waals surface area contributed by atoms with E-state index in [1.165, 1.54) is 10.6 Å². The lowest BCUT2D eigenvalue weighted by Gasteiger charge is -2.27. The Morgan fingerprint density at radius 1 is 0.839 bits per heavy atom. The van der Waals surface area contributed by atoms with Crippen molar-refractivity contribution in [1.29, 1.82) is 0 Å². The van der Waals surface area contributed by atoms with E-state index in [1.54, 1.807) is 0 Å². The highest BCUT2D eigenvalue weighted by Crippen LogP contribution is 2.34. The minimum Gasteiger partial charge on any atom is -0.458 e. The van der Waals surface area contributed by atoms with E-state index < -0.39 is 7.92 Å². The van der Waals surface area contributed by atoms with Gasteiger partial charge in [0.2, 0.25) is 0 Å². The van der Waals surface area contributed by atoms with Gasteiger partial charge in [-0.3, -0.25) is 0 Å². The van der Waals surface area contributed by atoms with Crippen molar-refractivity contribution in [2.45, 2.75) is 33.3 Å². The number of benzene rings is 3. The first-order chi connectivity index (χ1) is 15.0. The van der Waals surface area contributed by atoms with Gasteiger partial charge in [-0.2, -0.15) is 0 Å². The summed E-state index contributed by atoms with van der Waals surface area (Å²) in [6, 6.07) is 28.3. The van der Waals surface area contributed by atoms with Crippen molar-refractivity contribution < 1.29 is 14.3 Å². The molecule has 0 fully saturated rings. The standard InChI is InChI=1S/C27H29O3P/c1-20(2)26(21(3)18-19-28)30-27(29)24-16-10-11-17-25(24)31(22-12-6-4-7-13-22)23-14-8-5-9-15-23/h4-17,19-21,26H,18H2,1-3H3/t21-,26-/m0/s1. The molecule has 0 aliphatic carbocycles. The lowest BCUT2D eigenvalue weighted by molar-refractivity contribution is -0.109. The van der Waals surface area contributed by atoms with Gasteiger partial charge in [0.1, 0.15) is 12.4 Å². The maximum atomic E-state index is 13.4. The molecule has 2 atom stereocenters. The van der Waals surface area contributed by atoms with Gasteiger partial charge in [-0.05, 0) is 41.7 Å². The van der Waals surface area contributed by atoms with Crippen molar-refractivity contribution in [3.63, 3.8) is 0 Å². The maximum Gasteiger partial charge on any atom is 0.339 e. The molecule has 3 aromatic rings. The number of carbonyl (C=O) groups is 2. The van der Waals surface area contributed by atoms with Gasteiger partial charge < -0.3 is 9.53 Å². The topological polar surface area (TPSA) is 43.4 Å². The molecule has 3 rings (SSSR count). The third kappa shape index (κ3) is 5.68. The summed E-state index contributed by atoms with van der Waals surface area (Å²) in [6.45, 7) is 6.00. The Bertz CT molecular complexity index is 946. The van der Waals surface area contributed by atoms with Crippen LogP contribution in [0, 0.1) is 11.8 Å². The molecule has 0 saturated carbocycles. The van der Waals surface area contributed by atoms with E-state index in [4.69, 9.17) is 4.74 Å². The molecular weight excluding hydrogens is 403 g/mol. The number of hydrogen-bond donors (Lipinski definition) is 0. The molecular formula is C27H29O3P. The summed E-state index contributed by atoms with van der Waals surface area (Å²) in [5, 5.41) is 3.34. The van der Waals surface area contributed by atoms with Gasteiger partial charge in [-0.15, -0.1) is 0 Å². The highest BCUT2D eigenvalue weighted by Gasteiger charge is 2.28. The minimum atomic E-state index is -0.919. The molecule has 3 nitrogen and oxygen atoms in total. The molecule has 0 aliphatic rings. The summed E-state index contributed by atoms with van der Waals surface area (Å²) >= 11 is 0. The maximum absolute atomic E-state index is 13.4. The van der Waals surface area contributed by atoms with E-state index in [1.807, 2.05) is 81.4 Å². The summed E-state index contributed by atoms with van der Waals surface area (Å²) in [5.74, 6) is -0.236. The molecule has 160 valence electrons. The Kier molecular flexibility index (Phi) is 8.14. The third-order valence-electron chi connectivity index (χ3n) is 5.32. The molecule has 0 unspecified atom stereocenters. The number of carbonyl (C=O) groups excluding carboxylic acids is 2. The van der Waals surface area contributed by atoms with Crippen LogP contribution in [0.3, 0.4) is 0 Å². The van der Waals surface area contributed by atoms with Crippen LogP contribution >= 0.6 is 7.92 Å². The molecule has 0 saturated heterocycles. The van der Waals surface area contributed by atoms with Crippen molar-refractivity contribution in [1.82, 2.24) is 0 Å². The normalized spacial score (nSPS) is 13.1. The minimum absolute atomic E-state index is 0.0293. The average Bonchev–Trinajstić information content (AvgIpc) is 2.79.